The van der Waals surface area contributed by atoms with Crippen LogP contribution < -0.4 is 10.1 Å². The summed E-state index contributed by atoms with van der Waals surface area (Å²) in [5.41, 5.74) is 1.57. The van der Waals surface area contributed by atoms with Crippen LogP contribution in [0.15, 0.2) is 17.1 Å². The Kier molecular flexibility index (Phi) is 3.97. The number of carbonyl (C=O) groups is 1. The molecule has 1 saturated heterocycles. The first-order chi connectivity index (χ1) is 10.5. The number of hydrogen-bond donors (Lipinski definition) is 2. The monoisotopic (exact) mass is 323 g/mol. The van der Waals surface area contributed by atoms with Crippen molar-refractivity contribution in [2.75, 3.05) is 13.2 Å². The van der Waals surface area contributed by atoms with Gasteiger partial charge in [-0.1, -0.05) is 25.4 Å². The molecule has 1 unspecified atom stereocenters. The minimum Gasteiger partial charge on any atom is -0.490 e. The fourth-order valence-corrected chi connectivity index (χ4v) is 3.13. The Morgan fingerprint density at radius 1 is 1.55 bits per heavy atom. The largest absolute Gasteiger partial charge is 0.490 e. The smallest absolute Gasteiger partial charge is 0.249 e. The van der Waals surface area contributed by atoms with Crippen molar-refractivity contribution < 1.29 is 14.6 Å². The second kappa shape index (κ2) is 5.78. The first kappa shape index (κ1) is 15.1. The lowest BCUT2D eigenvalue weighted by Crippen LogP contribution is -2.40. The maximum Gasteiger partial charge on any atom is 0.249 e. The van der Waals surface area contributed by atoms with Crippen molar-refractivity contribution in [1.29, 1.82) is 0 Å². The molecular formula is C15H18ClN3O3. The average molecular weight is 324 g/mol. The van der Waals surface area contributed by atoms with Gasteiger partial charge in [0.15, 0.2) is 0 Å². The molecule has 0 aliphatic carbocycles. The standard InChI is InChI=1S/C15H18ClN3O3/c1-8(2)13-14(21)18-15-17-10-3-4-11(22-6-5-20)12(16)9(10)7-19(13)15/h3-4,8,13,20H,5-7H2,1-2H3,(H,17,18,21). The van der Waals surface area contributed by atoms with Crippen LogP contribution in [0, 0.1) is 5.92 Å². The van der Waals surface area contributed by atoms with Gasteiger partial charge in [0.2, 0.25) is 11.9 Å². The minimum absolute atomic E-state index is 0.0329. The molecule has 22 heavy (non-hydrogen) atoms. The molecule has 2 aliphatic heterocycles. The Morgan fingerprint density at radius 3 is 3.00 bits per heavy atom. The molecule has 2 heterocycles. The third-order valence-electron chi connectivity index (χ3n) is 3.83. The SMILES string of the molecule is CC(C)C1C(=O)NC2=Nc3ccc(OCCO)c(Cl)c3CN21. The van der Waals surface area contributed by atoms with Gasteiger partial charge in [-0.25, -0.2) is 4.99 Å². The van der Waals surface area contributed by atoms with Gasteiger partial charge in [-0.15, -0.1) is 0 Å². The Balaban J connectivity index is 1.96. The van der Waals surface area contributed by atoms with E-state index in [1.54, 1.807) is 6.07 Å². The third-order valence-corrected chi connectivity index (χ3v) is 4.24. The average Bonchev–Trinajstić information content (AvgIpc) is 2.80. The van der Waals surface area contributed by atoms with Crippen LogP contribution in [-0.2, 0) is 11.3 Å². The highest BCUT2D eigenvalue weighted by Gasteiger charge is 2.41. The molecule has 0 saturated carbocycles. The van der Waals surface area contributed by atoms with Gasteiger partial charge in [-0.2, -0.15) is 0 Å². The Morgan fingerprint density at radius 2 is 2.32 bits per heavy atom. The summed E-state index contributed by atoms with van der Waals surface area (Å²) in [6, 6.07) is 3.30. The highest BCUT2D eigenvalue weighted by atomic mass is 35.5. The van der Waals surface area contributed by atoms with Gasteiger partial charge < -0.3 is 14.7 Å². The number of nitrogens with one attached hydrogen (secondary N) is 1. The van der Waals surface area contributed by atoms with Crippen LogP contribution in [-0.4, -0.2) is 41.1 Å². The lowest BCUT2D eigenvalue weighted by atomic mass is 10.0. The molecule has 7 heteroatoms. The normalized spacial score (nSPS) is 19.7. The van der Waals surface area contributed by atoms with E-state index < -0.39 is 0 Å². The molecule has 0 aromatic heterocycles. The van der Waals surface area contributed by atoms with Gasteiger partial charge in [0.05, 0.1) is 23.9 Å². The fraction of sp³-hybridized carbons (Fsp3) is 0.467. The number of carbonyl (C=O) groups excluding carboxylic acids is 1. The topological polar surface area (TPSA) is 74.2 Å². The maximum atomic E-state index is 12.1. The zero-order chi connectivity index (χ0) is 15.9. The highest BCUT2D eigenvalue weighted by molar-refractivity contribution is 6.33. The quantitative estimate of drug-likeness (QED) is 0.884. The number of benzene rings is 1. The van der Waals surface area contributed by atoms with Crippen LogP contribution in [0.3, 0.4) is 0 Å². The Labute approximate surface area is 133 Å². The van der Waals surface area contributed by atoms with Crippen molar-refractivity contribution in [3.63, 3.8) is 0 Å². The van der Waals surface area contributed by atoms with Crippen LogP contribution in [0.2, 0.25) is 5.02 Å². The molecule has 3 rings (SSSR count). The molecule has 6 nitrogen and oxygen atoms in total. The predicted octanol–water partition coefficient (Wildman–Crippen LogP) is 1.67. The van der Waals surface area contributed by atoms with Crippen molar-refractivity contribution in [1.82, 2.24) is 10.2 Å². The van der Waals surface area contributed by atoms with Gasteiger partial charge in [0.1, 0.15) is 18.4 Å². The summed E-state index contributed by atoms with van der Waals surface area (Å²) >= 11 is 6.41. The number of amides is 1. The van der Waals surface area contributed by atoms with Crippen LogP contribution in [0.25, 0.3) is 0 Å². The lowest BCUT2D eigenvalue weighted by Gasteiger charge is -2.30. The molecule has 0 spiro atoms. The first-order valence-corrected chi connectivity index (χ1v) is 7.62. The number of rotatable bonds is 4. The van der Waals surface area contributed by atoms with Crippen molar-refractivity contribution >= 4 is 29.2 Å². The van der Waals surface area contributed by atoms with E-state index in [0.29, 0.717) is 23.3 Å². The van der Waals surface area contributed by atoms with E-state index in [-0.39, 0.29) is 31.1 Å². The molecule has 1 fully saturated rings. The fourth-order valence-electron chi connectivity index (χ4n) is 2.85. The first-order valence-electron chi connectivity index (χ1n) is 7.24. The van der Waals surface area contributed by atoms with Gasteiger partial charge in [0, 0.05) is 5.56 Å². The van der Waals surface area contributed by atoms with E-state index in [9.17, 15) is 4.79 Å². The molecular weight excluding hydrogens is 306 g/mol. The number of fused-ring (bicyclic) bond motifs is 2. The number of guanidine groups is 1. The summed E-state index contributed by atoms with van der Waals surface area (Å²) < 4.78 is 5.43. The van der Waals surface area contributed by atoms with Crippen molar-refractivity contribution in [3.8, 4) is 5.75 Å². The predicted molar refractivity (Wildman–Crippen MR) is 83.4 cm³/mol. The second-order valence-electron chi connectivity index (χ2n) is 5.69. The number of halogens is 1. The number of nitrogens with zero attached hydrogens (tertiary/aromatic N) is 2. The third kappa shape index (κ3) is 2.42. The summed E-state index contributed by atoms with van der Waals surface area (Å²) in [5, 5.41) is 12.2. The Bertz CT molecular complexity index is 645. The van der Waals surface area contributed by atoms with E-state index in [2.05, 4.69) is 10.3 Å². The number of ether oxygens (including phenoxy) is 1. The van der Waals surface area contributed by atoms with Gasteiger partial charge in [-0.3, -0.25) is 10.1 Å². The van der Waals surface area contributed by atoms with Gasteiger partial charge in [-0.05, 0) is 18.1 Å². The number of aliphatic hydroxyl groups is 1. The number of aliphatic hydroxyl groups excluding tert-OH is 1. The van der Waals surface area contributed by atoms with Crippen LogP contribution in [0.5, 0.6) is 5.75 Å². The molecule has 1 amide bonds. The van der Waals surface area contributed by atoms with E-state index in [4.69, 9.17) is 21.4 Å². The summed E-state index contributed by atoms with van der Waals surface area (Å²) in [7, 11) is 0. The highest BCUT2D eigenvalue weighted by Crippen LogP contribution is 2.39. The molecule has 1 atom stereocenters. The molecule has 0 radical (unpaired) electrons. The molecule has 118 valence electrons. The van der Waals surface area contributed by atoms with E-state index in [1.807, 2.05) is 24.8 Å². The molecule has 0 bridgehead atoms. The Hall–Kier alpha value is -1.79. The van der Waals surface area contributed by atoms with Gasteiger partial charge >= 0.3 is 0 Å². The minimum atomic E-state index is -0.245. The van der Waals surface area contributed by atoms with Crippen LogP contribution in [0.4, 0.5) is 5.69 Å². The van der Waals surface area contributed by atoms with E-state index in [1.165, 1.54) is 0 Å². The van der Waals surface area contributed by atoms with Crippen LogP contribution >= 0.6 is 11.6 Å². The zero-order valence-electron chi connectivity index (χ0n) is 12.5. The number of hydrogen-bond acceptors (Lipinski definition) is 5. The van der Waals surface area contributed by atoms with Crippen molar-refractivity contribution in [3.05, 3.63) is 22.7 Å². The second-order valence-corrected chi connectivity index (χ2v) is 6.07. The van der Waals surface area contributed by atoms with E-state index >= 15 is 0 Å². The summed E-state index contributed by atoms with van der Waals surface area (Å²) in [4.78, 5) is 18.5. The summed E-state index contributed by atoms with van der Waals surface area (Å²) in [6.07, 6.45) is 0. The van der Waals surface area contributed by atoms with Crippen LogP contribution in [0.1, 0.15) is 19.4 Å². The summed E-state index contributed by atoms with van der Waals surface area (Å²) in [5.74, 6) is 1.24. The molecule has 2 N–H and O–H groups in total. The van der Waals surface area contributed by atoms with Gasteiger partial charge in [0.25, 0.3) is 0 Å². The molecule has 1 aromatic rings. The maximum absolute atomic E-state index is 12.1. The zero-order valence-corrected chi connectivity index (χ0v) is 13.2. The molecule has 1 aromatic carbocycles. The van der Waals surface area contributed by atoms with Crippen molar-refractivity contribution in [2.24, 2.45) is 10.9 Å². The lowest BCUT2D eigenvalue weighted by molar-refractivity contribution is -0.122. The van der Waals surface area contributed by atoms with Crippen molar-refractivity contribution in [2.45, 2.75) is 26.4 Å². The number of aliphatic imine (C=N–C) groups is 1. The summed E-state index contributed by atoms with van der Waals surface area (Å²) in [6.45, 7) is 4.63. The van der Waals surface area contributed by atoms with E-state index in [0.717, 1.165) is 11.3 Å². The molecule has 2 aliphatic rings.